The summed E-state index contributed by atoms with van der Waals surface area (Å²) in [6.45, 7) is 0.498. The Kier molecular flexibility index (Phi) is 6.64. The molecule has 4 rings (SSSR count). The number of benzene rings is 3. The van der Waals surface area contributed by atoms with Gasteiger partial charge in [-0.3, -0.25) is 4.79 Å². The number of carbonyl (C=O) groups excluding carboxylic acids is 1. The summed E-state index contributed by atoms with van der Waals surface area (Å²) in [6, 6.07) is 25.5. The molecular weight excluding hydrogens is 408 g/mol. The molecule has 0 aliphatic heterocycles. The lowest BCUT2D eigenvalue weighted by Crippen LogP contribution is -2.19. The molecule has 156 valence electrons. The van der Waals surface area contributed by atoms with Crippen molar-refractivity contribution in [2.75, 3.05) is 5.75 Å². The van der Waals surface area contributed by atoms with E-state index in [1.165, 1.54) is 11.8 Å². The molecule has 0 saturated heterocycles. The van der Waals surface area contributed by atoms with Crippen LogP contribution in [0.2, 0.25) is 0 Å². The molecule has 0 bridgehead atoms. The molecule has 0 unspecified atom stereocenters. The summed E-state index contributed by atoms with van der Waals surface area (Å²) in [7, 11) is 1.95. The average Bonchev–Trinajstić information content (AvgIpc) is 3.13. The summed E-state index contributed by atoms with van der Waals surface area (Å²) in [5.41, 5.74) is 6.47. The molecule has 4 aromatic rings. The summed E-state index contributed by atoms with van der Waals surface area (Å²) < 4.78 is 7.81. The first-order chi connectivity index (χ1) is 15.2. The fourth-order valence-electron chi connectivity index (χ4n) is 3.02. The Bertz CT molecular complexity index is 1200. The second-order valence-corrected chi connectivity index (χ2v) is 7.81. The number of thioether (sulfide) groups is 1. The molecule has 31 heavy (non-hydrogen) atoms. The lowest BCUT2D eigenvalue weighted by atomic mass is 10.2. The van der Waals surface area contributed by atoms with Crippen LogP contribution in [0.5, 0.6) is 5.75 Å². The number of para-hydroxylation sites is 2. The van der Waals surface area contributed by atoms with Crippen LogP contribution in [0.25, 0.3) is 11.0 Å². The van der Waals surface area contributed by atoms with Gasteiger partial charge in [-0.15, -0.1) is 0 Å². The standard InChI is InChI=1S/C24H22N4O2S/c1-28-22-13-6-5-12-21(22)26-24(28)31-17-23(29)27-25-15-19-10-7-11-20(14-19)30-16-18-8-3-2-4-9-18/h2-15H,16-17H2,1H3,(H,27,29). The monoisotopic (exact) mass is 430 g/mol. The van der Waals surface area contributed by atoms with E-state index in [0.29, 0.717) is 6.61 Å². The number of ether oxygens (including phenoxy) is 1. The lowest BCUT2D eigenvalue weighted by Gasteiger charge is -2.06. The number of rotatable bonds is 8. The van der Waals surface area contributed by atoms with Gasteiger partial charge in [0, 0.05) is 7.05 Å². The van der Waals surface area contributed by atoms with Crippen LogP contribution >= 0.6 is 11.8 Å². The Morgan fingerprint density at radius 3 is 2.74 bits per heavy atom. The van der Waals surface area contributed by atoms with Crippen molar-refractivity contribution in [2.45, 2.75) is 11.8 Å². The molecule has 0 fully saturated rings. The van der Waals surface area contributed by atoms with Gasteiger partial charge in [0.25, 0.3) is 5.91 Å². The van der Waals surface area contributed by atoms with Gasteiger partial charge in [0.2, 0.25) is 0 Å². The number of imidazole rings is 1. The van der Waals surface area contributed by atoms with E-state index in [9.17, 15) is 4.79 Å². The van der Waals surface area contributed by atoms with Gasteiger partial charge in [-0.05, 0) is 35.4 Å². The number of hydrazone groups is 1. The molecule has 6 nitrogen and oxygen atoms in total. The van der Waals surface area contributed by atoms with Crippen LogP contribution in [0.15, 0.2) is 89.1 Å². The van der Waals surface area contributed by atoms with Crippen LogP contribution in [0.1, 0.15) is 11.1 Å². The van der Waals surface area contributed by atoms with Crippen LogP contribution in [-0.2, 0) is 18.4 Å². The van der Waals surface area contributed by atoms with Gasteiger partial charge in [0.05, 0.1) is 23.0 Å². The van der Waals surface area contributed by atoms with Crippen molar-refractivity contribution in [2.24, 2.45) is 12.1 Å². The Balaban J connectivity index is 1.28. The largest absolute Gasteiger partial charge is 0.489 e. The Morgan fingerprint density at radius 1 is 1.10 bits per heavy atom. The van der Waals surface area contributed by atoms with Gasteiger partial charge in [-0.25, -0.2) is 10.4 Å². The maximum absolute atomic E-state index is 12.2. The number of nitrogens with zero attached hydrogens (tertiary/aromatic N) is 3. The molecule has 1 aromatic heterocycles. The highest BCUT2D eigenvalue weighted by atomic mass is 32.2. The molecule has 7 heteroatoms. The first-order valence-electron chi connectivity index (χ1n) is 9.82. The molecule has 0 radical (unpaired) electrons. The van der Waals surface area contributed by atoms with E-state index in [-0.39, 0.29) is 11.7 Å². The van der Waals surface area contributed by atoms with Gasteiger partial charge < -0.3 is 9.30 Å². The fraction of sp³-hybridized carbons (Fsp3) is 0.125. The molecule has 3 aromatic carbocycles. The molecule has 1 heterocycles. The molecule has 1 N–H and O–H groups in total. The summed E-state index contributed by atoms with van der Waals surface area (Å²) >= 11 is 1.38. The average molecular weight is 431 g/mol. The maximum atomic E-state index is 12.2. The Hall–Kier alpha value is -3.58. The third-order valence-corrected chi connectivity index (χ3v) is 5.62. The third kappa shape index (κ3) is 5.52. The second-order valence-electron chi connectivity index (χ2n) is 6.87. The van der Waals surface area contributed by atoms with E-state index >= 15 is 0 Å². The highest BCUT2D eigenvalue weighted by Crippen LogP contribution is 2.22. The van der Waals surface area contributed by atoms with E-state index < -0.39 is 0 Å². The highest BCUT2D eigenvalue weighted by Gasteiger charge is 2.09. The SMILES string of the molecule is Cn1c(SCC(=O)NN=Cc2cccc(OCc3ccccc3)c2)nc2ccccc21. The Morgan fingerprint density at radius 2 is 1.90 bits per heavy atom. The number of aromatic nitrogens is 2. The van der Waals surface area contributed by atoms with E-state index in [1.54, 1.807) is 6.21 Å². The molecule has 0 atom stereocenters. The lowest BCUT2D eigenvalue weighted by molar-refractivity contribution is -0.118. The quantitative estimate of drug-likeness (QED) is 0.256. The maximum Gasteiger partial charge on any atom is 0.250 e. The van der Waals surface area contributed by atoms with E-state index in [4.69, 9.17) is 4.74 Å². The summed E-state index contributed by atoms with van der Waals surface area (Å²) in [6.07, 6.45) is 1.60. The van der Waals surface area contributed by atoms with Crippen molar-refractivity contribution in [3.05, 3.63) is 90.0 Å². The molecule has 0 aliphatic rings. The van der Waals surface area contributed by atoms with Crippen LogP contribution < -0.4 is 10.2 Å². The van der Waals surface area contributed by atoms with Crippen molar-refractivity contribution in [3.8, 4) is 5.75 Å². The van der Waals surface area contributed by atoms with Crippen LogP contribution in [0.4, 0.5) is 0 Å². The summed E-state index contributed by atoms with van der Waals surface area (Å²) in [4.78, 5) is 16.7. The zero-order valence-corrected chi connectivity index (χ0v) is 17.9. The van der Waals surface area contributed by atoms with Gasteiger partial charge in [-0.2, -0.15) is 5.10 Å². The molecular formula is C24H22N4O2S. The van der Waals surface area contributed by atoms with Crippen molar-refractivity contribution in [3.63, 3.8) is 0 Å². The minimum absolute atomic E-state index is 0.190. The zero-order chi connectivity index (χ0) is 21.5. The minimum Gasteiger partial charge on any atom is -0.489 e. The van der Waals surface area contributed by atoms with Crippen molar-refractivity contribution >= 4 is 34.9 Å². The topological polar surface area (TPSA) is 68.5 Å². The zero-order valence-electron chi connectivity index (χ0n) is 17.1. The summed E-state index contributed by atoms with van der Waals surface area (Å²) in [5, 5.41) is 4.85. The first kappa shape index (κ1) is 20.7. The molecule has 0 saturated carbocycles. The Labute approximate surface area is 185 Å². The molecule has 0 aliphatic carbocycles. The van der Waals surface area contributed by atoms with Crippen molar-refractivity contribution < 1.29 is 9.53 Å². The van der Waals surface area contributed by atoms with Gasteiger partial charge in [-0.1, -0.05) is 66.4 Å². The molecule has 0 spiro atoms. The molecule has 1 amide bonds. The van der Waals surface area contributed by atoms with E-state index in [1.807, 2.05) is 90.5 Å². The third-order valence-electron chi connectivity index (χ3n) is 4.59. The number of aryl methyl sites for hydroxylation is 1. The number of amides is 1. The fourth-order valence-corrected chi connectivity index (χ4v) is 3.80. The van der Waals surface area contributed by atoms with Crippen LogP contribution in [0.3, 0.4) is 0 Å². The smallest absolute Gasteiger partial charge is 0.250 e. The van der Waals surface area contributed by atoms with Crippen molar-refractivity contribution in [1.82, 2.24) is 15.0 Å². The minimum atomic E-state index is -0.190. The van der Waals surface area contributed by atoms with Gasteiger partial charge in [0.15, 0.2) is 5.16 Å². The van der Waals surface area contributed by atoms with Gasteiger partial charge in [0.1, 0.15) is 12.4 Å². The van der Waals surface area contributed by atoms with E-state index in [0.717, 1.165) is 33.1 Å². The number of nitrogens with one attached hydrogen (secondary N) is 1. The number of hydrogen-bond acceptors (Lipinski definition) is 5. The van der Waals surface area contributed by atoms with Crippen molar-refractivity contribution in [1.29, 1.82) is 0 Å². The number of hydrogen-bond donors (Lipinski definition) is 1. The van der Waals surface area contributed by atoms with Crippen LogP contribution in [-0.4, -0.2) is 27.4 Å². The normalized spacial score (nSPS) is 11.1. The predicted molar refractivity (Wildman–Crippen MR) is 124 cm³/mol. The number of fused-ring (bicyclic) bond motifs is 1. The second kappa shape index (κ2) is 9.95. The highest BCUT2D eigenvalue weighted by molar-refractivity contribution is 7.99. The summed E-state index contributed by atoms with van der Waals surface area (Å²) in [5.74, 6) is 0.788. The predicted octanol–water partition coefficient (Wildman–Crippen LogP) is 4.39. The van der Waals surface area contributed by atoms with E-state index in [2.05, 4.69) is 15.5 Å². The van der Waals surface area contributed by atoms with Gasteiger partial charge >= 0.3 is 0 Å². The first-order valence-corrected chi connectivity index (χ1v) is 10.8. The number of carbonyl (C=O) groups is 1. The van der Waals surface area contributed by atoms with Crippen LogP contribution in [0, 0.1) is 0 Å².